The summed E-state index contributed by atoms with van der Waals surface area (Å²) in [5.74, 6) is 0.169. The van der Waals surface area contributed by atoms with Gasteiger partial charge in [0.2, 0.25) is 5.91 Å². The lowest BCUT2D eigenvalue weighted by Gasteiger charge is -2.35. The summed E-state index contributed by atoms with van der Waals surface area (Å²) in [6.45, 7) is 7.54. The highest BCUT2D eigenvalue weighted by molar-refractivity contribution is 5.83. The molecule has 19 heavy (non-hydrogen) atoms. The average molecular weight is 269 g/mol. The highest BCUT2D eigenvalue weighted by Crippen LogP contribution is 2.26. The minimum absolute atomic E-state index is 0.169. The Bertz CT molecular complexity index is 303. The van der Waals surface area contributed by atoms with Crippen molar-refractivity contribution in [3.8, 4) is 0 Å². The van der Waals surface area contributed by atoms with Crippen molar-refractivity contribution in [1.82, 2.24) is 15.5 Å². The van der Waals surface area contributed by atoms with Crippen LogP contribution in [-0.4, -0.2) is 63.3 Å². The van der Waals surface area contributed by atoms with Crippen molar-refractivity contribution in [1.29, 1.82) is 0 Å². The van der Waals surface area contributed by atoms with Gasteiger partial charge in [-0.1, -0.05) is 6.92 Å². The number of hydrogen-bond donors (Lipinski definition) is 2. The summed E-state index contributed by atoms with van der Waals surface area (Å²) in [4.78, 5) is 15.0. The number of hydrogen-bond acceptors (Lipinski definition) is 4. The predicted molar refractivity (Wildman–Crippen MR) is 75.1 cm³/mol. The number of methoxy groups -OCH3 is 1. The quantitative estimate of drug-likeness (QED) is 0.749. The Morgan fingerprint density at radius 1 is 1.58 bits per heavy atom. The second-order valence-electron chi connectivity index (χ2n) is 5.85. The zero-order valence-corrected chi connectivity index (χ0v) is 12.2. The molecule has 0 spiro atoms. The van der Waals surface area contributed by atoms with Crippen LogP contribution in [0.25, 0.3) is 0 Å². The van der Waals surface area contributed by atoms with Crippen LogP contribution in [0.2, 0.25) is 0 Å². The van der Waals surface area contributed by atoms with Crippen molar-refractivity contribution in [3.05, 3.63) is 0 Å². The third-order valence-corrected chi connectivity index (χ3v) is 4.43. The van der Waals surface area contributed by atoms with Gasteiger partial charge in [-0.25, -0.2) is 0 Å². The van der Waals surface area contributed by atoms with E-state index in [1.807, 2.05) is 0 Å². The standard InChI is InChI=1S/C14H27N3O2/c1-3-17-8-4-5-12(9-17)16-13(18)14(11-19-2)6-7-15-10-14/h12,15H,3-11H2,1-2H3,(H,16,18). The van der Waals surface area contributed by atoms with E-state index in [4.69, 9.17) is 4.74 Å². The van der Waals surface area contributed by atoms with E-state index in [1.165, 1.54) is 6.42 Å². The van der Waals surface area contributed by atoms with Crippen molar-refractivity contribution in [2.24, 2.45) is 5.41 Å². The van der Waals surface area contributed by atoms with Crippen molar-refractivity contribution >= 4 is 5.91 Å². The van der Waals surface area contributed by atoms with Gasteiger partial charge in [-0.15, -0.1) is 0 Å². The summed E-state index contributed by atoms with van der Waals surface area (Å²) in [5, 5.41) is 6.53. The van der Waals surface area contributed by atoms with Gasteiger partial charge in [-0.2, -0.15) is 0 Å². The van der Waals surface area contributed by atoms with E-state index in [9.17, 15) is 4.79 Å². The van der Waals surface area contributed by atoms with Gasteiger partial charge in [-0.05, 0) is 38.9 Å². The molecule has 0 aromatic rings. The fraction of sp³-hybridized carbons (Fsp3) is 0.929. The van der Waals surface area contributed by atoms with E-state index >= 15 is 0 Å². The Balaban J connectivity index is 1.91. The maximum atomic E-state index is 12.6. The van der Waals surface area contributed by atoms with Gasteiger partial charge in [0.05, 0.1) is 12.0 Å². The van der Waals surface area contributed by atoms with Crippen molar-refractivity contribution < 1.29 is 9.53 Å². The summed E-state index contributed by atoms with van der Waals surface area (Å²) in [7, 11) is 1.67. The number of amides is 1. The number of likely N-dealkylation sites (N-methyl/N-ethyl adjacent to an activating group) is 1. The number of rotatable bonds is 5. The lowest BCUT2D eigenvalue weighted by molar-refractivity contribution is -0.134. The number of likely N-dealkylation sites (tertiary alicyclic amines) is 1. The first-order valence-electron chi connectivity index (χ1n) is 7.43. The van der Waals surface area contributed by atoms with Gasteiger partial charge in [0.1, 0.15) is 0 Å². The highest BCUT2D eigenvalue weighted by atomic mass is 16.5. The molecule has 110 valence electrons. The molecule has 2 N–H and O–H groups in total. The molecule has 2 fully saturated rings. The van der Waals surface area contributed by atoms with Gasteiger partial charge >= 0.3 is 0 Å². The van der Waals surface area contributed by atoms with Crippen LogP contribution in [-0.2, 0) is 9.53 Å². The van der Waals surface area contributed by atoms with Crippen molar-refractivity contribution in [3.63, 3.8) is 0 Å². The Kier molecular flexibility index (Phi) is 5.19. The van der Waals surface area contributed by atoms with Crippen LogP contribution >= 0.6 is 0 Å². The molecular formula is C14H27N3O2. The highest BCUT2D eigenvalue weighted by Gasteiger charge is 2.42. The number of ether oxygens (including phenoxy) is 1. The first kappa shape index (κ1) is 14.8. The smallest absolute Gasteiger partial charge is 0.230 e. The van der Waals surface area contributed by atoms with E-state index in [1.54, 1.807) is 7.11 Å². The Hall–Kier alpha value is -0.650. The predicted octanol–water partition coefficient (Wildman–Crippen LogP) is 0.213. The van der Waals surface area contributed by atoms with Gasteiger partial charge in [-0.3, -0.25) is 4.79 Å². The topological polar surface area (TPSA) is 53.6 Å². The van der Waals surface area contributed by atoms with Gasteiger partial charge in [0.25, 0.3) is 0 Å². The SMILES string of the molecule is CCN1CCCC(NC(=O)C2(COC)CCNC2)C1. The van der Waals surface area contributed by atoms with Crippen molar-refractivity contribution in [2.75, 3.05) is 46.4 Å². The second-order valence-corrected chi connectivity index (χ2v) is 5.85. The molecule has 2 atom stereocenters. The van der Waals surface area contributed by atoms with Crippen molar-refractivity contribution in [2.45, 2.75) is 32.2 Å². The zero-order valence-electron chi connectivity index (χ0n) is 12.2. The fourth-order valence-electron chi connectivity index (χ4n) is 3.20. The van der Waals surface area contributed by atoms with Gasteiger partial charge in [0, 0.05) is 26.2 Å². The lowest BCUT2D eigenvalue weighted by atomic mass is 9.86. The molecule has 0 bridgehead atoms. The molecule has 2 unspecified atom stereocenters. The summed E-state index contributed by atoms with van der Waals surface area (Å²) in [6.07, 6.45) is 3.14. The third kappa shape index (κ3) is 3.46. The van der Waals surface area contributed by atoms with E-state index in [2.05, 4.69) is 22.5 Å². The third-order valence-electron chi connectivity index (χ3n) is 4.43. The number of carbonyl (C=O) groups excluding carboxylic acids is 1. The second kappa shape index (κ2) is 6.68. The average Bonchev–Trinajstić information content (AvgIpc) is 2.89. The van der Waals surface area contributed by atoms with Crippen LogP contribution in [0.5, 0.6) is 0 Å². The molecule has 2 heterocycles. The maximum Gasteiger partial charge on any atom is 0.230 e. The molecule has 0 aliphatic carbocycles. The van der Waals surface area contributed by atoms with Gasteiger partial charge < -0.3 is 20.3 Å². The number of nitrogens with zero attached hydrogens (tertiary/aromatic N) is 1. The number of carbonyl (C=O) groups is 1. The minimum Gasteiger partial charge on any atom is -0.384 e. The molecule has 5 heteroatoms. The first-order chi connectivity index (χ1) is 9.20. The molecular weight excluding hydrogens is 242 g/mol. The molecule has 2 rings (SSSR count). The monoisotopic (exact) mass is 269 g/mol. The van der Waals surface area contributed by atoms with Gasteiger partial charge in [0.15, 0.2) is 0 Å². The molecule has 5 nitrogen and oxygen atoms in total. The van der Waals surface area contributed by atoms with Crippen LogP contribution < -0.4 is 10.6 Å². The molecule has 0 aromatic heterocycles. The van der Waals surface area contributed by atoms with Crippen LogP contribution in [0, 0.1) is 5.41 Å². The summed E-state index contributed by atoms with van der Waals surface area (Å²) in [6, 6.07) is 0.301. The first-order valence-corrected chi connectivity index (χ1v) is 7.43. The minimum atomic E-state index is -0.358. The zero-order chi connectivity index (χ0) is 13.7. The molecule has 2 aliphatic heterocycles. The maximum absolute atomic E-state index is 12.6. The summed E-state index contributed by atoms with van der Waals surface area (Å²) in [5.41, 5.74) is -0.358. The summed E-state index contributed by atoms with van der Waals surface area (Å²) < 4.78 is 5.27. The molecule has 2 aliphatic rings. The van der Waals surface area contributed by atoms with Crippen LogP contribution in [0.4, 0.5) is 0 Å². The van der Waals surface area contributed by atoms with E-state index in [-0.39, 0.29) is 11.3 Å². The van der Waals surface area contributed by atoms with E-state index in [0.717, 1.165) is 45.6 Å². The molecule has 0 aromatic carbocycles. The normalized spacial score (nSPS) is 32.4. The number of nitrogens with one attached hydrogen (secondary N) is 2. The summed E-state index contributed by atoms with van der Waals surface area (Å²) >= 11 is 0. The Morgan fingerprint density at radius 2 is 2.42 bits per heavy atom. The van der Waals surface area contributed by atoms with Crippen LogP contribution in [0.3, 0.4) is 0 Å². The van der Waals surface area contributed by atoms with Crippen LogP contribution in [0.1, 0.15) is 26.2 Å². The fourth-order valence-corrected chi connectivity index (χ4v) is 3.20. The molecule has 1 amide bonds. The lowest BCUT2D eigenvalue weighted by Crippen LogP contribution is -2.53. The van der Waals surface area contributed by atoms with E-state index < -0.39 is 0 Å². The van der Waals surface area contributed by atoms with Crippen LogP contribution in [0.15, 0.2) is 0 Å². The Morgan fingerprint density at radius 3 is 3.05 bits per heavy atom. The largest absolute Gasteiger partial charge is 0.384 e. The molecule has 2 saturated heterocycles. The number of piperidine rings is 1. The van der Waals surface area contributed by atoms with E-state index in [0.29, 0.717) is 12.6 Å². The molecule has 0 radical (unpaired) electrons. The Labute approximate surface area is 116 Å². The molecule has 0 saturated carbocycles.